The Balaban J connectivity index is 2.05. The van der Waals surface area contributed by atoms with Crippen molar-refractivity contribution < 1.29 is 0 Å². The molecule has 1 N–H and O–H groups in total. The first-order valence-corrected chi connectivity index (χ1v) is 6.72. The van der Waals surface area contributed by atoms with Crippen molar-refractivity contribution in [2.24, 2.45) is 0 Å². The van der Waals surface area contributed by atoms with Crippen molar-refractivity contribution in [1.82, 2.24) is 10.2 Å². The van der Waals surface area contributed by atoms with Crippen LogP contribution in [0, 0.1) is 0 Å². The largest absolute Gasteiger partial charge is 0.314 e. The quantitative estimate of drug-likeness (QED) is 0.904. The molecule has 0 aliphatic carbocycles. The lowest BCUT2D eigenvalue weighted by Gasteiger charge is -2.33. The lowest BCUT2D eigenvalue weighted by Crippen LogP contribution is -2.49. The minimum atomic E-state index is 0.594. The van der Waals surface area contributed by atoms with E-state index >= 15 is 0 Å². The Morgan fingerprint density at radius 2 is 2.38 bits per heavy atom. The maximum absolute atomic E-state index is 6.09. The normalized spacial score (nSPS) is 22.3. The van der Waals surface area contributed by atoms with Gasteiger partial charge in [-0.15, -0.1) is 0 Å². The smallest absolute Gasteiger partial charge is 0.0551 e. The third kappa shape index (κ3) is 2.98. The average molecular weight is 304 g/mol. The Hall–Kier alpha value is -0.0900. The molecule has 1 fully saturated rings. The zero-order valence-electron chi connectivity index (χ0n) is 9.34. The van der Waals surface area contributed by atoms with Gasteiger partial charge in [-0.1, -0.05) is 17.7 Å². The van der Waals surface area contributed by atoms with Crippen LogP contribution in [0.5, 0.6) is 0 Å². The van der Waals surface area contributed by atoms with E-state index in [9.17, 15) is 0 Å². The van der Waals surface area contributed by atoms with Crippen LogP contribution in [-0.4, -0.2) is 30.6 Å². The maximum Gasteiger partial charge on any atom is 0.0551 e. The Bertz CT molecular complexity index is 370. The van der Waals surface area contributed by atoms with Gasteiger partial charge < -0.3 is 5.32 Å². The molecule has 16 heavy (non-hydrogen) atoms. The SMILES string of the molecule is CC1CNCCN1Cc1ccc(Br)c(Cl)c1. The number of nitrogens with one attached hydrogen (secondary N) is 1. The molecule has 2 rings (SSSR count). The van der Waals surface area contributed by atoms with Crippen molar-refractivity contribution in [2.45, 2.75) is 19.5 Å². The summed E-state index contributed by atoms with van der Waals surface area (Å²) in [6, 6.07) is 6.78. The van der Waals surface area contributed by atoms with E-state index in [4.69, 9.17) is 11.6 Å². The Morgan fingerprint density at radius 1 is 1.56 bits per heavy atom. The lowest BCUT2D eigenvalue weighted by atomic mass is 10.1. The molecule has 0 spiro atoms. The summed E-state index contributed by atoms with van der Waals surface area (Å²) in [5, 5.41) is 4.19. The van der Waals surface area contributed by atoms with Gasteiger partial charge in [0.15, 0.2) is 0 Å². The van der Waals surface area contributed by atoms with Crippen LogP contribution >= 0.6 is 27.5 Å². The third-order valence-electron chi connectivity index (χ3n) is 3.01. The van der Waals surface area contributed by atoms with E-state index in [0.717, 1.165) is 35.7 Å². The average Bonchev–Trinajstić information content (AvgIpc) is 2.27. The number of hydrogen-bond acceptors (Lipinski definition) is 2. The number of piperazine rings is 1. The standard InChI is InChI=1S/C12H16BrClN2/c1-9-7-15-4-5-16(9)8-10-2-3-11(13)12(14)6-10/h2-3,6,9,15H,4-5,7-8H2,1H3. The third-order valence-corrected chi connectivity index (χ3v) is 4.24. The minimum absolute atomic E-state index is 0.594. The summed E-state index contributed by atoms with van der Waals surface area (Å²) in [6.45, 7) is 6.50. The van der Waals surface area contributed by atoms with E-state index in [1.54, 1.807) is 0 Å². The highest BCUT2D eigenvalue weighted by Crippen LogP contribution is 2.24. The number of nitrogens with zero attached hydrogens (tertiary/aromatic N) is 1. The minimum Gasteiger partial charge on any atom is -0.314 e. The zero-order valence-corrected chi connectivity index (χ0v) is 11.7. The fourth-order valence-electron chi connectivity index (χ4n) is 1.99. The molecule has 1 aliphatic rings. The van der Waals surface area contributed by atoms with Gasteiger partial charge in [0.05, 0.1) is 5.02 Å². The van der Waals surface area contributed by atoms with Gasteiger partial charge in [0.25, 0.3) is 0 Å². The van der Waals surface area contributed by atoms with Crippen LogP contribution in [0.3, 0.4) is 0 Å². The van der Waals surface area contributed by atoms with Crippen LogP contribution in [0.25, 0.3) is 0 Å². The number of benzene rings is 1. The number of hydrogen-bond donors (Lipinski definition) is 1. The fraction of sp³-hybridized carbons (Fsp3) is 0.500. The first-order chi connectivity index (χ1) is 7.66. The molecular formula is C12H16BrClN2. The second-order valence-electron chi connectivity index (χ2n) is 4.27. The Morgan fingerprint density at radius 3 is 3.06 bits per heavy atom. The molecule has 0 aromatic heterocycles. The van der Waals surface area contributed by atoms with Crippen molar-refractivity contribution in [1.29, 1.82) is 0 Å². The molecule has 1 heterocycles. The molecule has 0 radical (unpaired) electrons. The molecule has 4 heteroatoms. The van der Waals surface area contributed by atoms with Crippen LogP contribution in [0.2, 0.25) is 5.02 Å². The van der Waals surface area contributed by atoms with Gasteiger partial charge in [0, 0.05) is 36.7 Å². The summed E-state index contributed by atoms with van der Waals surface area (Å²) in [4.78, 5) is 2.48. The summed E-state index contributed by atoms with van der Waals surface area (Å²) in [7, 11) is 0. The molecule has 2 nitrogen and oxygen atoms in total. The summed E-state index contributed by atoms with van der Waals surface area (Å²) in [5.41, 5.74) is 1.28. The summed E-state index contributed by atoms with van der Waals surface area (Å²) in [5.74, 6) is 0. The topological polar surface area (TPSA) is 15.3 Å². The Labute approximate surface area is 110 Å². The summed E-state index contributed by atoms with van der Waals surface area (Å²) < 4.78 is 0.964. The maximum atomic E-state index is 6.09. The van der Waals surface area contributed by atoms with Crippen molar-refractivity contribution >= 4 is 27.5 Å². The van der Waals surface area contributed by atoms with Crippen LogP contribution in [0.1, 0.15) is 12.5 Å². The lowest BCUT2D eigenvalue weighted by molar-refractivity contribution is 0.165. The molecule has 0 saturated carbocycles. The van der Waals surface area contributed by atoms with E-state index < -0.39 is 0 Å². The van der Waals surface area contributed by atoms with Crippen LogP contribution in [0.4, 0.5) is 0 Å². The molecule has 0 bridgehead atoms. The Kier molecular flexibility index (Phi) is 4.25. The summed E-state index contributed by atoms with van der Waals surface area (Å²) >= 11 is 9.50. The highest BCUT2D eigenvalue weighted by atomic mass is 79.9. The van der Waals surface area contributed by atoms with E-state index in [0.29, 0.717) is 6.04 Å². The molecule has 1 aliphatic heterocycles. The predicted molar refractivity (Wildman–Crippen MR) is 71.9 cm³/mol. The highest BCUT2D eigenvalue weighted by Gasteiger charge is 2.17. The number of halogens is 2. The van der Waals surface area contributed by atoms with Crippen LogP contribution < -0.4 is 5.32 Å². The van der Waals surface area contributed by atoms with Crippen LogP contribution in [0.15, 0.2) is 22.7 Å². The van der Waals surface area contributed by atoms with Crippen molar-refractivity contribution in [2.75, 3.05) is 19.6 Å². The first kappa shape index (κ1) is 12.4. The zero-order chi connectivity index (χ0) is 11.5. The van der Waals surface area contributed by atoms with E-state index in [2.05, 4.69) is 39.1 Å². The second-order valence-corrected chi connectivity index (χ2v) is 5.53. The molecular weight excluding hydrogens is 288 g/mol. The molecule has 1 saturated heterocycles. The second kappa shape index (κ2) is 5.50. The monoisotopic (exact) mass is 302 g/mol. The molecule has 1 aromatic carbocycles. The van der Waals surface area contributed by atoms with Gasteiger partial charge in [-0.3, -0.25) is 4.90 Å². The fourth-order valence-corrected chi connectivity index (χ4v) is 2.44. The van der Waals surface area contributed by atoms with Crippen LogP contribution in [-0.2, 0) is 6.54 Å². The number of rotatable bonds is 2. The van der Waals surface area contributed by atoms with Gasteiger partial charge >= 0.3 is 0 Å². The van der Waals surface area contributed by atoms with Crippen molar-refractivity contribution in [3.8, 4) is 0 Å². The first-order valence-electron chi connectivity index (χ1n) is 5.55. The molecule has 0 amide bonds. The van der Waals surface area contributed by atoms with Gasteiger partial charge in [-0.2, -0.15) is 0 Å². The predicted octanol–water partition coefficient (Wildman–Crippen LogP) is 2.90. The van der Waals surface area contributed by atoms with Crippen molar-refractivity contribution in [3.05, 3.63) is 33.3 Å². The van der Waals surface area contributed by atoms with Gasteiger partial charge in [0.1, 0.15) is 0 Å². The van der Waals surface area contributed by atoms with E-state index in [-0.39, 0.29) is 0 Å². The van der Waals surface area contributed by atoms with Gasteiger partial charge in [-0.05, 0) is 40.5 Å². The highest BCUT2D eigenvalue weighted by molar-refractivity contribution is 9.10. The molecule has 88 valence electrons. The molecule has 1 unspecified atom stereocenters. The molecule has 1 atom stereocenters. The molecule has 1 aromatic rings. The van der Waals surface area contributed by atoms with E-state index in [1.165, 1.54) is 5.56 Å². The van der Waals surface area contributed by atoms with Crippen molar-refractivity contribution in [3.63, 3.8) is 0 Å². The van der Waals surface area contributed by atoms with Gasteiger partial charge in [-0.25, -0.2) is 0 Å². The van der Waals surface area contributed by atoms with Gasteiger partial charge in [0.2, 0.25) is 0 Å². The summed E-state index contributed by atoms with van der Waals surface area (Å²) in [6.07, 6.45) is 0. The van der Waals surface area contributed by atoms with E-state index in [1.807, 2.05) is 12.1 Å².